The lowest BCUT2D eigenvalue weighted by Crippen LogP contribution is -2.28. The number of nitrogens with one attached hydrogen (secondary N) is 1. The average molecular weight is 415 g/mol. The molecule has 0 saturated carbocycles. The predicted molar refractivity (Wildman–Crippen MR) is 105 cm³/mol. The van der Waals surface area contributed by atoms with Gasteiger partial charge in [-0.2, -0.15) is 0 Å². The molecule has 0 aliphatic rings. The first-order valence-corrected chi connectivity index (χ1v) is 8.44. The molecule has 11 heteroatoms. The van der Waals surface area contributed by atoms with Gasteiger partial charge in [0.15, 0.2) is 0 Å². The summed E-state index contributed by atoms with van der Waals surface area (Å²) in [7, 11) is 1.05. The van der Waals surface area contributed by atoms with E-state index in [2.05, 4.69) is 4.74 Å². The molecule has 1 amide bonds. The van der Waals surface area contributed by atoms with Crippen LogP contribution >= 0.6 is 0 Å². The van der Waals surface area contributed by atoms with Crippen molar-refractivity contribution in [3.63, 3.8) is 0 Å². The highest BCUT2D eigenvalue weighted by molar-refractivity contribution is 6.00. The number of methoxy groups -OCH3 is 1. The molecule has 0 heterocycles. The van der Waals surface area contributed by atoms with Gasteiger partial charge in [0.25, 0.3) is 0 Å². The van der Waals surface area contributed by atoms with Gasteiger partial charge in [0.1, 0.15) is 5.70 Å². The second-order valence-electron chi connectivity index (χ2n) is 6.11. The van der Waals surface area contributed by atoms with Crippen molar-refractivity contribution in [3.05, 3.63) is 85.1 Å². The fraction of sp³-hybridized carbons (Fsp3) is 0.158. The van der Waals surface area contributed by atoms with Gasteiger partial charge in [-0.1, -0.05) is 30.3 Å². The fourth-order valence-corrected chi connectivity index (χ4v) is 2.91. The summed E-state index contributed by atoms with van der Waals surface area (Å²) in [6.07, 6.45) is -1.55. The Kier molecular flexibility index (Phi) is 6.81. The number of benzene rings is 2. The van der Waals surface area contributed by atoms with Crippen LogP contribution in [0.25, 0.3) is 5.57 Å². The normalized spacial score (nSPS) is 11.3. The Morgan fingerprint density at radius 2 is 1.73 bits per heavy atom. The van der Waals surface area contributed by atoms with Crippen LogP contribution in [0.3, 0.4) is 0 Å². The number of carbonyl (C=O) groups is 2. The number of ether oxygens (including phenoxy) is 1. The maximum absolute atomic E-state index is 12.3. The molecule has 0 bridgehead atoms. The quantitative estimate of drug-likeness (QED) is 0.301. The minimum Gasteiger partial charge on any atom is -0.465 e. The van der Waals surface area contributed by atoms with Gasteiger partial charge in [-0.05, 0) is 29.7 Å². The Labute approximate surface area is 169 Å². The lowest BCUT2D eigenvalue weighted by molar-refractivity contribution is -0.422. The highest BCUT2D eigenvalue weighted by atomic mass is 16.6. The number of aryl methyl sites for hydroxylation is 1. The molecule has 156 valence electrons. The molecule has 0 spiro atoms. The molecule has 11 nitrogen and oxygen atoms in total. The molecular weight excluding hydrogens is 398 g/mol. The molecule has 0 saturated heterocycles. The summed E-state index contributed by atoms with van der Waals surface area (Å²) in [4.78, 5) is 44.5. The Balaban J connectivity index is 2.83. The SMILES string of the molecule is COC(=O)/C(NC(=O)O)=C(/Cc1ccccc1)c1cc(C)c([N+](=O)[O-])c([N+](=O)[O-])c1. The zero-order valence-corrected chi connectivity index (χ0v) is 15.9. The third-order valence-corrected chi connectivity index (χ3v) is 4.16. The van der Waals surface area contributed by atoms with E-state index in [1.807, 2.05) is 5.32 Å². The molecule has 2 rings (SSSR count). The highest BCUT2D eigenvalue weighted by Crippen LogP contribution is 2.35. The van der Waals surface area contributed by atoms with Crippen molar-refractivity contribution in [2.45, 2.75) is 13.3 Å². The van der Waals surface area contributed by atoms with Gasteiger partial charge in [0, 0.05) is 18.1 Å². The van der Waals surface area contributed by atoms with Crippen molar-refractivity contribution >= 4 is 29.0 Å². The molecule has 0 aromatic heterocycles. The highest BCUT2D eigenvalue weighted by Gasteiger charge is 2.30. The van der Waals surface area contributed by atoms with Crippen molar-refractivity contribution in [3.8, 4) is 0 Å². The first kappa shape index (κ1) is 22.0. The molecule has 0 aliphatic heterocycles. The number of amides is 1. The van der Waals surface area contributed by atoms with Gasteiger partial charge < -0.3 is 9.84 Å². The van der Waals surface area contributed by atoms with E-state index in [0.29, 0.717) is 5.56 Å². The second kappa shape index (κ2) is 9.28. The molecule has 0 atom stereocenters. The van der Waals surface area contributed by atoms with Crippen molar-refractivity contribution in [1.82, 2.24) is 5.32 Å². The summed E-state index contributed by atoms with van der Waals surface area (Å²) in [6.45, 7) is 1.32. The van der Waals surface area contributed by atoms with Crippen LogP contribution in [0.2, 0.25) is 0 Å². The van der Waals surface area contributed by atoms with E-state index < -0.39 is 39.0 Å². The molecule has 0 aliphatic carbocycles. The van der Waals surface area contributed by atoms with Gasteiger partial charge in [0.2, 0.25) is 0 Å². The lowest BCUT2D eigenvalue weighted by atomic mass is 9.93. The first-order chi connectivity index (χ1) is 14.1. The molecule has 2 aromatic rings. The average Bonchev–Trinajstić information content (AvgIpc) is 2.69. The van der Waals surface area contributed by atoms with Crippen LogP contribution in [0, 0.1) is 27.2 Å². The zero-order chi connectivity index (χ0) is 22.4. The number of nitro groups is 2. The number of carboxylic acid groups (broad SMARTS) is 1. The molecular formula is C19H17N3O8. The second-order valence-corrected chi connectivity index (χ2v) is 6.11. The fourth-order valence-electron chi connectivity index (χ4n) is 2.91. The Morgan fingerprint density at radius 1 is 1.10 bits per heavy atom. The Bertz CT molecular complexity index is 1050. The minimum absolute atomic E-state index is 0.0000411. The van der Waals surface area contributed by atoms with Gasteiger partial charge in [-0.25, -0.2) is 9.59 Å². The number of allylic oxidation sites excluding steroid dienone is 1. The number of hydrogen-bond acceptors (Lipinski definition) is 7. The summed E-state index contributed by atoms with van der Waals surface area (Å²) in [5, 5.41) is 33.8. The van der Waals surface area contributed by atoms with Gasteiger partial charge in [-0.15, -0.1) is 0 Å². The maximum Gasteiger partial charge on any atom is 0.409 e. The van der Waals surface area contributed by atoms with E-state index in [4.69, 9.17) is 5.11 Å². The number of esters is 1. The van der Waals surface area contributed by atoms with Gasteiger partial charge in [0.05, 0.1) is 17.0 Å². The summed E-state index contributed by atoms with van der Waals surface area (Å²) < 4.78 is 4.66. The monoisotopic (exact) mass is 415 g/mol. The van der Waals surface area contributed by atoms with E-state index in [1.165, 1.54) is 13.0 Å². The van der Waals surface area contributed by atoms with E-state index in [1.54, 1.807) is 30.3 Å². The summed E-state index contributed by atoms with van der Waals surface area (Å²) in [6, 6.07) is 10.8. The number of carbonyl (C=O) groups excluding carboxylic acids is 1. The predicted octanol–water partition coefficient (Wildman–Crippen LogP) is 3.21. The van der Waals surface area contributed by atoms with Crippen molar-refractivity contribution in [1.29, 1.82) is 0 Å². The summed E-state index contributed by atoms with van der Waals surface area (Å²) in [5.41, 5.74) is -1.13. The van der Waals surface area contributed by atoms with E-state index >= 15 is 0 Å². The van der Waals surface area contributed by atoms with Gasteiger partial charge >= 0.3 is 23.4 Å². The van der Waals surface area contributed by atoms with Crippen LogP contribution in [0.4, 0.5) is 16.2 Å². The lowest BCUT2D eigenvalue weighted by Gasteiger charge is -2.15. The third-order valence-electron chi connectivity index (χ3n) is 4.16. The first-order valence-electron chi connectivity index (χ1n) is 8.44. The molecule has 2 N–H and O–H groups in total. The maximum atomic E-state index is 12.3. The van der Waals surface area contributed by atoms with E-state index in [0.717, 1.165) is 13.2 Å². The number of hydrogen-bond donors (Lipinski definition) is 2. The van der Waals surface area contributed by atoms with Crippen LogP contribution in [-0.2, 0) is 16.0 Å². The smallest absolute Gasteiger partial charge is 0.409 e. The number of nitrogens with zero attached hydrogens (tertiary/aromatic N) is 2. The van der Waals surface area contributed by atoms with Crippen LogP contribution in [-0.4, -0.2) is 34.1 Å². The standard InChI is InChI=1S/C19H17N3O8/c1-11-8-13(10-15(21(26)27)17(11)22(28)29)14(9-12-6-4-3-5-7-12)16(18(23)30-2)20-19(24)25/h3-8,10,20H,9H2,1-2H3,(H,24,25)/b16-14+. The topological polar surface area (TPSA) is 162 Å². The van der Waals surface area contributed by atoms with Crippen molar-refractivity contribution < 1.29 is 29.3 Å². The molecule has 0 fully saturated rings. The summed E-state index contributed by atoms with van der Waals surface area (Å²) in [5.74, 6) is -1.01. The third kappa shape index (κ3) is 4.95. The van der Waals surface area contributed by atoms with Crippen LogP contribution in [0.1, 0.15) is 16.7 Å². The van der Waals surface area contributed by atoms with Crippen LogP contribution in [0.15, 0.2) is 48.2 Å². The van der Waals surface area contributed by atoms with Crippen LogP contribution in [0.5, 0.6) is 0 Å². The molecule has 0 radical (unpaired) electrons. The number of rotatable bonds is 7. The Hall–Kier alpha value is -4.28. The zero-order valence-electron chi connectivity index (χ0n) is 15.9. The summed E-state index contributed by atoms with van der Waals surface area (Å²) >= 11 is 0. The van der Waals surface area contributed by atoms with Crippen molar-refractivity contribution in [2.75, 3.05) is 7.11 Å². The number of nitro benzene ring substituents is 2. The van der Waals surface area contributed by atoms with E-state index in [9.17, 15) is 29.8 Å². The van der Waals surface area contributed by atoms with Crippen molar-refractivity contribution in [2.24, 2.45) is 0 Å². The molecule has 2 aromatic carbocycles. The van der Waals surface area contributed by atoms with Gasteiger partial charge in [-0.3, -0.25) is 25.5 Å². The molecule has 30 heavy (non-hydrogen) atoms. The van der Waals surface area contributed by atoms with Crippen LogP contribution < -0.4 is 5.32 Å². The Morgan fingerprint density at radius 3 is 2.23 bits per heavy atom. The largest absolute Gasteiger partial charge is 0.465 e. The van der Waals surface area contributed by atoms with E-state index in [-0.39, 0.29) is 23.1 Å². The minimum atomic E-state index is -1.55. The molecule has 0 unspecified atom stereocenters.